The zero-order chi connectivity index (χ0) is 13.7. The van der Waals surface area contributed by atoms with Crippen LogP contribution in [0.2, 0.25) is 0 Å². The molecule has 1 aliphatic heterocycles. The van der Waals surface area contributed by atoms with E-state index in [4.69, 9.17) is 10.8 Å². The Morgan fingerprint density at radius 3 is 2.50 bits per heavy atom. The van der Waals surface area contributed by atoms with E-state index in [0.717, 1.165) is 18.5 Å². The molecule has 1 heterocycles. The van der Waals surface area contributed by atoms with Crippen molar-refractivity contribution in [3.05, 3.63) is 29.3 Å². The quantitative estimate of drug-likeness (QED) is 0.657. The predicted octanol–water partition coefficient (Wildman–Crippen LogP) is 1.42. The normalized spacial score (nSPS) is 17.7. The molecule has 1 aliphatic rings. The Balaban J connectivity index is 0.000000199. The van der Waals surface area contributed by atoms with Crippen molar-refractivity contribution in [1.29, 1.82) is 0 Å². The van der Waals surface area contributed by atoms with Crippen LogP contribution in [0.3, 0.4) is 0 Å². The lowest BCUT2D eigenvalue weighted by molar-refractivity contribution is -0.119. The molecule has 1 fully saturated rings. The first-order valence-corrected chi connectivity index (χ1v) is 5.76. The minimum absolute atomic E-state index is 0.171. The van der Waals surface area contributed by atoms with Gasteiger partial charge in [-0.1, -0.05) is 18.6 Å². The Kier molecular flexibility index (Phi) is 4.71. The Labute approximate surface area is 106 Å². The fourth-order valence-corrected chi connectivity index (χ4v) is 1.60. The molecule has 4 N–H and O–H groups in total. The predicted molar refractivity (Wildman–Crippen MR) is 69.3 cm³/mol. The number of anilines is 1. The Bertz CT molecular complexity index is 458. The average Bonchev–Trinajstić information content (AvgIpc) is 2.66. The number of rotatable bonds is 1. The fourth-order valence-electron chi connectivity index (χ4n) is 1.60. The van der Waals surface area contributed by atoms with E-state index in [9.17, 15) is 9.59 Å². The third-order valence-corrected chi connectivity index (χ3v) is 2.62. The number of hydrogen-bond acceptors (Lipinski definition) is 3. The van der Waals surface area contributed by atoms with Gasteiger partial charge in [-0.05, 0) is 25.0 Å². The van der Waals surface area contributed by atoms with Gasteiger partial charge in [0.25, 0.3) is 0 Å². The SMILES string of the molecule is CC1CNC(=O)C1.Cc1ccc(N)c(C(=O)O)c1. The van der Waals surface area contributed by atoms with Crippen LogP contribution in [0.5, 0.6) is 0 Å². The molecule has 1 saturated heterocycles. The van der Waals surface area contributed by atoms with Crippen LogP contribution in [0, 0.1) is 12.8 Å². The summed E-state index contributed by atoms with van der Waals surface area (Å²) in [5.41, 5.74) is 6.79. The lowest BCUT2D eigenvalue weighted by atomic mass is 10.1. The largest absolute Gasteiger partial charge is 0.478 e. The summed E-state index contributed by atoms with van der Waals surface area (Å²) >= 11 is 0. The molecule has 0 aliphatic carbocycles. The maximum absolute atomic E-state index is 10.5. The van der Waals surface area contributed by atoms with Gasteiger partial charge in [-0.2, -0.15) is 0 Å². The minimum atomic E-state index is -0.980. The van der Waals surface area contributed by atoms with Gasteiger partial charge in [0.15, 0.2) is 0 Å². The van der Waals surface area contributed by atoms with Crippen LogP contribution >= 0.6 is 0 Å². The average molecular weight is 250 g/mol. The van der Waals surface area contributed by atoms with E-state index in [1.165, 1.54) is 0 Å². The topological polar surface area (TPSA) is 92.4 Å². The summed E-state index contributed by atoms with van der Waals surface area (Å²) in [5, 5.41) is 11.3. The van der Waals surface area contributed by atoms with Crippen LogP contribution in [0.15, 0.2) is 18.2 Å². The first-order chi connectivity index (χ1) is 8.40. The number of amides is 1. The fraction of sp³-hybridized carbons (Fsp3) is 0.385. The molecule has 98 valence electrons. The number of hydrogen-bond donors (Lipinski definition) is 3. The highest BCUT2D eigenvalue weighted by atomic mass is 16.4. The molecular formula is C13H18N2O3. The smallest absolute Gasteiger partial charge is 0.337 e. The van der Waals surface area contributed by atoms with Crippen molar-refractivity contribution in [3.8, 4) is 0 Å². The molecule has 1 aromatic carbocycles. The lowest BCUT2D eigenvalue weighted by Gasteiger charge is -2.00. The van der Waals surface area contributed by atoms with Gasteiger partial charge in [-0.15, -0.1) is 0 Å². The first-order valence-electron chi connectivity index (χ1n) is 5.76. The molecule has 18 heavy (non-hydrogen) atoms. The molecule has 1 unspecified atom stereocenters. The van der Waals surface area contributed by atoms with E-state index in [1.807, 2.05) is 6.92 Å². The highest BCUT2D eigenvalue weighted by Gasteiger charge is 2.15. The monoisotopic (exact) mass is 250 g/mol. The third-order valence-electron chi connectivity index (χ3n) is 2.62. The maximum Gasteiger partial charge on any atom is 0.337 e. The van der Waals surface area contributed by atoms with Crippen molar-refractivity contribution in [3.63, 3.8) is 0 Å². The molecule has 0 radical (unpaired) electrons. The molecule has 2 rings (SSSR count). The highest BCUT2D eigenvalue weighted by molar-refractivity contribution is 5.93. The molecule has 0 saturated carbocycles. The zero-order valence-electron chi connectivity index (χ0n) is 10.6. The summed E-state index contributed by atoms with van der Waals surface area (Å²) in [6, 6.07) is 4.93. The second-order valence-corrected chi connectivity index (χ2v) is 4.51. The number of carboxylic acids is 1. The van der Waals surface area contributed by atoms with Crippen LogP contribution in [0.25, 0.3) is 0 Å². The van der Waals surface area contributed by atoms with Crippen molar-refractivity contribution in [1.82, 2.24) is 5.32 Å². The van der Waals surface area contributed by atoms with E-state index >= 15 is 0 Å². The molecule has 0 aromatic heterocycles. The molecule has 5 heteroatoms. The Hall–Kier alpha value is -2.04. The van der Waals surface area contributed by atoms with Crippen LogP contribution in [-0.2, 0) is 4.79 Å². The maximum atomic E-state index is 10.5. The van der Waals surface area contributed by atoms with E-state index in [0.29, 0.717) is 11.6 Å². The van der Waals surface area contributed by atoms with Crippen LogP contribution in [0.4, 0.5) is 5.69 Å². The van der Waals surface area contributed by atoms with Crippen LogP contribution < -0.4 is 11.1 Å². The van der Waals surface area contributed by atoms with Crippen molar-refractivity contribution >= 4 is 17.6 Å². The zero-order valence-corrected chi connectivity index (χ0v) is 10.6. The molecule has 5 nitrogen and oxygen atoms in total. The van der Waals surface area contributed by atoms with Gasteiger partial charge < -0.3 is 16.2 Å². The summed E-state index contributed by atoms with van der Waals surface area (Å²) in [4.78, 5) is 20.8. The van der Waals surface area contributed by atoms with E-state index in [1.54, 1.807) is 18.2 Å². The summed E-state index contributed by atoms with van der Waals surface area (Å²) in [7, 11) is 0. The number of carbonyl (C=O) groups is 2. The molecule has 1 amide bonds. The summed E-state index contributed by atoms with van der Waals surface area (Å²) in [6.07, 6.45) is 0.722. The van der Waals surface area contributed by atoms with Crippen LogP contribution in [0.1, 0.15) is 29.3 Å². The minimum Gasteiger partial charge on any atom is -0.478 e. The number of carbonyl (C=O) groups excluding carboxylic acids is 1. The summed E-state index contributed by atoms with van der Waals surface area (Å²) in [5.74, 6) is -0.216. The number of nitrogen functional groups attached to an aromatic ring is 1. The van der Waals surface area contributed by atoms with Crippen LogP contribution in [-0.4, -0.2) is 23.5 Å². The summed E-state index contributed by atoms with van der Waals surface area (Å²) < 4.78 is 0. The van der Waals surface area contributed by atoms with Gasteiger partial charge in [-0.25, -0.2) is 4.79 Å². The van der Waals surface area contributed by atoms with Gasteiger partial charge in [0.1, 0.15) is 0 Å². The van der Waals surface area contributed by atoms with Gasteiger partial charge >= 0.3 is 5.97 Å². The van der Waals surface area contributed by atoms with Gasteiger partial charge in [-0.3, -0.25) is 4.79 Å². The van der Waals surface area contributed by atoms with Gasteiger partial charge in [0.2, 0.25) is 5.91 Å². The number of benzene rings is 1. The van der Waals surface area contributed by atoms with Gasteiger partial charge in [0.05, 0.1) is 5.56 Å². The van der Waals surface area contributed by atoms with Crippen molar-refractivity contribution in [2.75, 3.05) is 12.3 Å². The number of nitrogens with two attached hydrogens (primary N) is 1. The summed E-state index contributed by atoms with van der Waals surface area (Å²) in [6.45, 7) is 4.77. The van der Waals surface area contributed by atoms with E-state index in [-0.39, 0.29) is 11.5 Å². The Morgan fingerprint density at radius 2 is 2.17 bits per heavy atom. The second-order valence-electron chi connectivity index (χ2n) is 4.51. The van der Waals surface area contributed by atoms with E-state index in [2.05, 4.69) is 12.2 Å². The number of carboxylic acid groups (broad SMARTS) is 1. The lowest BCUT2D eigenvalue weighted by Crippen LogP contribution is -2.13. The highest BCUT2D eigenvalue weighted by Crippen LogP contribution is 2.12. The first kappa shape index (κ1) is 14.0. The molecule has 1 aromatic rings. The van der Waals surface area contributed by atoms with Gasteiger partial charge in [0, 0.05) is 18.7 Å². The number of nitrogens with one attached hydrogen (secondary N) is 1. The number of aromatic carboxylic acids is 1. The van der Waals surface area contributed by atoms with Crippen molar-refractivity contribution in [2.24, 2.45) is 5.92 Å². The van der Waals surface area contributed by atoms with Crippen molar-refractivity contribution in [2.45, 2.75) is 20.3 Å². The second kappa shape index (κ2) is 6.05. The van der Waals surface area contributed by atoms with Crippen molar-refractivity contribution < 1.29 is 14.7 Å². The molecule has 0 spiro atoms. The standard InChI is InChI=1S/C8H9NO2.C5H9NO/c1-5-2-3-7(9)6(4-5)8(10)11;1-4-2-5(7)6-3-4/h2-4H,9H2,1H3,(H,10,11);4H,2-3H2,1H3,(H,6,7). The molecule has 1 atom stereocenters. The van der Waals surface area contributed by atoms with E-state index < -0.39 is 5.97 Å². The number of aryl methyl sites for hydroxylation is 1. The third kappa shape index (κ3) is 4.08. The molecule has 0 bridgehead atoms. The Morgan fingerprint density at radius 1 is 1.50 bits per heavy atom. The molecular weight excluding hydrogens is 232 g/mol.